The lowest BCUT2D eigenvalue weighted by Crippen LogP contribution is -2.11. The third kappa shape index (κ3) is 6.33. The van der Waals surface area contributed by atoms with Crippen molar-refractivity contribution in [2.75, 3.05) is 10.6 Å². The summed E-state index contributed by atoms with van der Waals surface area (Å²) in [7, 11) is 0. The number of nitrogens with zero attached hydrogens (tertiary/aromatic N) is 2. The number of ether oxygens (including phenoxy) is 1. The largest absolute Gasteiger partial charge is 0.486 e. The maximum atomic E-state index is 6.57. The van der Waals surface area contributed by atoms with Gasteiger partial charge in [-0.3, -0.25) is 0 Å². The van der Waals surface area contributed by atoms with Gasteiger partial charge in [0.1, 0.15) is 6.61 Å². The third-order valence-corrected chi connectivity index (χ3v) is 10.8. The summed E-state index contributed by atoms with van der Waals surface area (Å²) in [5, 5.41) is 4.51. The predicted molar refractivity (Wildman–Crippen MR) is 239 cm³/mol. The molecule has 0 unspecified atom stereocenters. The minimum atomic E-state index is 0.439. The van der Waals surface area contributed by atoms with Crippen molar-refractivity contribution in [1.82, 2.24) is 4.57 Å². The van der Waals surface area contributed by atoms with E-state index in [0.29, 0.717) is 18.0 Å². The second-order valence-corrected chi connectivity index (χ2v) is 14.4. The van der Waals surface area contributed by atoms with Gasteiger partial charge in [-0.25, -0.2) is 0 Å². The quantitative estimate of drug-likeness (QED) is 0.150. The van der Waals surface area contributed by atoms with Gasteiger partial charge in [-0.05, 0) is 94.4 Å². The normalized spacial score (nSPS) is 11.3. The van der Waals surface area contributed by atoms with Crippen LogP contribution in [0.3, 0.4) is 0 Å². The highest BCUT2D eigenvalue weighted by Crippen LogP contribution is 2.45. The smallest absolute Gasteiger partial charge is 0.150 e. The van der Waals surface area contributed by atoms with Gasteiger partial charge in [-0.1, -0.05) is 146 Å². The van der Waals surface area contributed by atoms with Gasteiger partial charge in [-0.2, -0.15) is 0 Å². The van der Waals surface area contributed by atoms with Gasteiger partial charge in [0.2, 0.25) is 0 Å². The molecule has 0 spiro atoms. The van der Waals surface area contributed by atoms with Crippen LogP contribution in [0.5, 0.6) is 5.75 Å². The zero-order chi connectivity index (χ0) is 38.1. The highest BCUT2D eigenvalue weighted by Gasteiger charge is 2.21. The van der Waals surface area contributed by atoms with E-state index in [2.05, 4.69) is 198 Å². The molecule has 4 nitrogen and oxygen atoms in total. The number of fused-ring (bicyclic) bond motifs is 4. The Morgan fingerprint density at radius 1 is 0.456 bits per heavy atom. The summed E-state index contributed by atoms with van der Waals surface area (Å²) in [4.78, 5) is 2.38. The molecular weight excluding hydrogens is 695 g/mol. The fourth-order valence-corrected chi connectivity index (χ4v) is 8.10. The lowest BCUT2D eigenvalue weighted by Gasteiger charge is -2.28. The van der Waals surface area contributed by atoms with Crippen LogP contribution in [0.25, 0.3) is 60.5 Å². The van der Waals surface area contributed by atoms with Crippen LogP contribution in [0.1, 0.15) is 5.56 Å². The fraction of sp³-hybridized carbons (Fsp3) is 0.0189. The van der Waals surface area contributed by atoms with Gasteiger partial charge in [-0.15, -0.1) is 0 Å². The molecule has 0 saturated heterocycles. The molecule has 0 aliphatic heterocycles. The lowest BCUT2D eigenvalue weighted by molar-refractivity contribution is 0.312. The lowest BCUT2D eigenvalue weighted by atomic mass is 9.94. The molecule has 0 aliphatic rings. The van der Waals surface area contributed by atoms with Crippen molar-refractivity contribution in [2.45, 2.75) is 6.61 Å². The summed E-state index contributed by atoms with van der Waals surface area (Å²) in [6.45, 7) is 0.439. The first-order chi connectivity index (χ1) is 28.2. The average Bonchev–Trinajstić information content (AvgIpc) is 3.61. The Morgan fingerprint density at radius 3 is 1.88 bits per heavy atom. The molecule has 1 heterocycles. The predicted octanol–water partition coefficient (Wildman–Crippen LogP) is 13.9. The Bertz CT molecular complexity index is 3010. The summed E-state index contributed by atoms with van der Waals surface area (Å²) in [5.41, 5.74) is 19.4. The molecule has 0 aliphatic carbocycles. The average molecular weight is 734 g/mol. The molecule has 2 N–H and O–H groups in total. The summed E-state index contributed by atoms with van der Waals surface area (Å²) in [5.74, 6) is 0.705. The van der Waals surface area contributed by atoms with Crippen LogP contribution in [0.15, 0.2) is 212 Å². The van der Waals surface area contributed by atoms with E-state index in [1.54, 1.807) is 0 Å². The Balaban J connectivity index is 1.14. The van der Waals surface area contributed by atoms with Gasteiger partial charge in [0.25, 0.3) is 0 Å². The van der Waals surface area contributed by atoms with Crippen LogP contribution in [0, 0.1) is 0 Å². The Labute approximate surface area is 332 Å². The van der Waals surface area contributed by atoms with Crippen molar-refractivity contribution in [3.8, 4) is 33.7 Å². The van der Waals surface area contributed by atoms with E-state index in [1.807, 2.05) is 24.3 Å². The summed E-state index contributed by atoms with van der Waals surface area (Å²) >= 11 is 0. The Morgan fingerprint density at radius 2 is 1.09 bits per heavy atom. The Kier molecular flexibility index (Phi) is 8.69. The maximum Gasteiger partial charge on any atom is 0.150 e. The molecule has 0 amide bonds. The summed E-state index contributed by atoms with van der Waals surface area (Å²) < 4.78 is 8.80. The van der Waals surface area contributed by atoms with E-state index >= 15 is 0 Å². The number of nitrogen functional groups attached to an aromatic ring is 1. The van der Waals surface area contributed by atoms with Crippen LogP contribution in [0.2, 0.25) is 0 Å². The molecule has 10 aromatic rings. The van der Waals surface area contributed by atoms with Gasteiger partial charge in [0.05, 0.1) is 22.4 Å². The Hall–Kier alpha value is -7.56. The number of aromatic nitrogens is 1. The summed E-state index contributed by atoms with van der Waals surface area (Å²) in [6, 6.07) is 75.1. The van der Waals surface area contributed by atoms with Crippen LogP contribution in [-0.4, -0.2) is 4.57 Å². The fourth-order valence-electron chi connectivity index (χ4n) is 8.10. The first-order valence-corrected chi connectivity index (χ1v) is 19.3. The van der Waals surface area contributed by atoms with Crippen molar-refractivity contribution in [3.05, 3.63) is 218 Å². The van der Waals surface area contributed by atoms with Crippen molar-refractivity contribution in [1.29, 1.82) is 0 Å². The standard InChI is InChI=1S/C53H39N3O/c54-49-31-27-39-25-26-40(34-48(39)53(49)57-36-37-15-5-1-6-16-37)41-28-32-51(47(33-41)38-17-7-2-8-18-38)55(42-19-9-3-10-20-42)44-29-30-46-45-23-13-14-24-50(45)56(52(46)35-44)43-21-11-4-12-22-43/h1-35H,36,54H2. The number of anilines is 4. The minimum Gasteiger partial charge on any atom is -0.486 e. The van der Waals surface area contributed by atoms with Crippen molar-refractivity contribution in [3.63, 3.8) is 0 Å². The highest BCUT2D eigenvalue weighted by atomic mass is 16.5. The molecule has 57 heavy (non-hydrogen) atoms. The van der Waals surface area contributed by atoms with E-state index in [4.69, 9.17) is 10.5 Å². The van der Waals surface area contributed by atoms with Gasteiger partial charge < -0.3 is 19.9 Å². The van der Waals surface area contributed by atoms with Gasteiger partial charge in [0, 0.05) is 38.8 Å². The van der Waals surface area contributed by atoms with Crippen LogP contribution < -0.4 is 15.4 Å². The molecule has 0 saturated carbocycles. The van der Waals surface area contributed by atoms with Crippen molar-refractivity contribution in [2.24, 2.45) is 0 Å². The highest BCUT2D eigenvalue weighted by molar-refractivity contribution is 6.10. The molecule has 272 valence electrons. The second-order valence-electron chi connectivity index (χ2n) is 14.4. The number of hydrogen-bond donors (Lipinski definition) is 1. The van der Waals surface area contributed by atoms with Crippen LogP contribution in [0.4, 0.5) is 22.7 Å². The number of para-hydroxylation sites is 3. The molecule has 1 aromatic heterocycles. The van der Waals surface area contributed by atoms with E-state index < -0.39 is 0 Å². The first kappa shape index (κ1) is 34.0. The van der Waals surface area contributed by atoms with Gasteiger partial charge >= 0.3 is 0 Å². The second kappa shape index (κ2) is 14.6. The van der Waals surface area contributed by atoms with E-state index in [-0.39, 0.29) is 0 Å². The zero-order valence-electron chi connectivity index (χ0n) is 31.3. The topological polar surface area (TPSA) is 43.4 Å². The van der Waals surface area contributed by atoms with Crippen molar-refractivity contribution >= 4 is 55.3 Å². The van der Waals surface area contributed by atoms with Gasteiger partial charge in [0.15, 0.2) is 5.75 Å². The number of hydrogen-bond acceptors (Lipinski definition) is 3. The van der Waals surface area contributed by atoms with E-state index in [1.165, 1.54) is 16.3 Å². The number of rotatable bonds is 9. The molecule has 0 radical (unpaired) electrons. The third-order valence-electron chi connectivity index (χ3n) is 10.8. The molecule has 0 fully saturated rings. The molecule has 0 bridgehead atoms. The van der Waals surface area contributed by atoms with Crippen LogP contribution >= 0.6 is 0 Å². The molecule has 0 atom stereocenters. The maximum absolute atomic E-state index is 6.57. The minimum absolute atomic E-state index is 0.439. The monoisotopic (exact) mass is 733 g/mol. The molecule has 10 rings (SSSR count). The summed E-state index contributed by atoms with van der Waals surface area (Å²) in [6.07, 6.45) is 0. The van der Waals surface area contributed by atoms with E-state index in [9.17, 15) is 0 Å². The first-order valence-electron chi connectivity index (χ1n) is 19.3. The van der Waals surface area contributed by atoms with E-state index in [0.717, 1.165) is 66.9 Å². The molecule has 4 heteroatoms. The number of nitrogens with two attached hydrogens (primary N) is 1. The molecule has 9 aromatic carbocycles. The van der Waals surface area contributed by atoms with Crippen LogP contribution in [-0.2, 0) is 6.61 Å². The SMILES string of the molecule is Nc1ccc2ccc(-c3ccc(N(c4ccccc4)c4ccc5c6ccccc6n(-c6ccccc6)c5c4)c(-c4ccccc4)c3)cc2c1OCc1ccccc1. The number of benzene rings is 9. The van der Waals surface area contributed by atoms with Crippen molar-refractivity contribution < 1.29 is 4.74 Å². The zero-order valence-corrected chi connectivity index (χ0v) is 31.3. The molecular formula is C53H39N3O.